The molecule has 2 aromatic rings. The van der Waals surface area contributed by atoms with Crippen LogP contribution in [0.25, 0.3) is 0 Å². The fourth-order valence-electron chi connectivity index (χ4n) is 3.63. The van der Waals surface area contributed by atoms with Crippen molar-refractivity contribution in [1.82, 2.24) is 10.3 Å². The highest BCUT2D eigenvalue weighted by Gasteiger charge is 2.41. The Labute approximate surface area is 150 Å². The van der Waals surface area contributed by atoms with Gasteiger partial charge in [-0.2, -0.15) is 0 Å². The Morgan fingerprint density at radius 2 is 1.88 bits per heavy atom. The highest BCUT2D eigenvalue weighted by atomic mass is 32.2. The monoisotopic (exact) mass is 354 g/mol. The molecule has 4 rings (SSSR count). The van der Waals surface area contributed by atoms with Gasteiger partial charge in [0.25, 0.3) is 5.24 Å². The second-order valence-electron chi connectivity index (χ2n) is 6.51. The molecule has 1 aliphatic heterocycles. The molecule has 2 heterocycles. The van der Waals surface area contributed by atoms with Crippen LogP contribution in [0.15, 0.2) is 30.3 Å². The van der Waals surface area contributed by atoms with Crippen LogP contribution in [0.2, 0.25) is 0 Å². The van der Waals surface area contributed by atoms with Crippen LogP contribution in [0.3, 0.4) is 0 Å². The minimum Gasteiger partial charge on any atom is -0.457 e. The lowest BCUT2D eigenvalue weighted by Gasteiger charge is -2.16. The number of aryl methyl sites for hydroxylation is 3. The summed E-state index contributed by atoms with van der Waals surface area (Å²) in [6.45, 7) is 3.89. The lowest BCUT2D eigenvalue weighted by atomic mass is 9.97. The largest absolute Gasteiger partial charge is 0.457 e. The first kappa shape index (κ1) is 16.1. The molecule has 128 valence electrons. The van der Waals surface area contributed by atoms with Crippen LogP contribution in [0, 0.1) is 13.8 Å². The molecule has 1 saturated heterocycles. The number of benzene rings is 1. The van der Waals surface area contributed by atoms with Crippen molar-refractivity contribution in [2.75, 3.05) is 0 Å². The zero-order chi connectivity index (χ0) is 17.6. The van der Waals surface area contributed by atoms with Gasteiger partial charge in [0, 0.05) is 29.4 Å². The Morgan fingerprint density at radius 3 is 2.56 bits per heavy atom. The Bertz CT molecular complexity index is 861. The van der Waals surface area contributed by atoms with Gasteiger partial charge in [0.2, 0.25) is 5.91 Å². The van der Waals surface area contributed by atoms with Gasteiger partial charge in [0.05, 0.1) is 0 Å². The topological polar surface area (TPSA) is 68.3 Å². The molecule has 25 heavy (non-hydrogen) atoms. The van der Waals surface area contributed by atoms with Crippen LogP contribution in [0.5, 0.6) is 11.5 Å². The predicted molar refractivity (Wildman–Crippen MR) is 96.2 cm³/mol. The average Bonchev–Trinajstić information content (AvgIpc) is 3.08. The van der Waals surface area contributed by atoms with Gasteiger partial charge in [-0.05, 0) is 49.9 Å². The molecular formula is C19H18N2O3S. The van der Waals surface area contributed by atoms with Crippen molar-refractivity contribution in [3.05, 3.63) is 52.8 Å². The smallest absolute Gasteiger partial charge is 0.286 e. The number of aromatic nitrogens is 1. The van der Waals surface area contributed by atoms with E-state index in [2.05, 4.69) is 10.3 Å². The third kappa shape index (κ3) is 3.14. The molecule has 0 radical (unpaired) electrons. The van der Waals surface area contributed by atoms with Crippen molar-refractivity contribution in [3.8, 4) is 11.5 Å². The summed E-state index contributed by atoms with van der Waals surface area (Å²) in [4.78, 5) is 27.8. The van der Waals surface area contributed by atoms with E-state index in [1.807, 2.05) is 44.2 Å². The van der Waals surface area contributed by atoms with Crippen molar-refractivity contribution in [2.45, 2.75) is 37.9 Å². The van der Waals surface area contributed by atoms with Gasteiger partial charge in [0.15, 0.2) is 0 Å². The summed E-state index contributed by atoms with van der Waals surface area (Å²) in [7, 11) is 0. The lowest BCUT2D eigenvalue weighted by molar-refractivity contribution is -0.119. The molecule has 1 aliphatic carbocycles. The predicted octanol–water partition coefficient (Wildman–Crippen LogP) is 3.87. The summed E-state index contributed by atoms with van der Waals surface area (Å²) in [6, 6.07) is 9.82. The number of ether oxygens (including phenoxy) is 1. The van der Waals surface area contributed by atoms with E-state index in [0.29, 0.717) is 0 Å². The summed E-state index contributed by atoms with van der Waals surface area (Å²) in [6.07, 6.45) is 1.77. The maximum absolute atomic E-state index is 12.0. The summed E-state index contributed by atoms with van der Waals surface area (Å²) in [5.74, 6) is 1.47. The van der Waals surface area contributed by atoms with Crippen LogP contribution in [-0.4, -0.2) is 21.4 Å². The minimum atomic E-state index is -0.314. The third-order valence-electron chi connectivity index (χ3n) is 4.61. The number of fused-ring (bicyclic) bond motifs is 1. The molecule has 1 fully saturated rings. The van der Waals surface area contributed by atoms with Crippen molar-refractivity contribution in [2.24, 2.45) is 0 Å². The second-order valence-corrected chi connectivity index (χ2v) is 7.62. The van der Waals surface area contributed by atoms with E-state index >= 15 is 0 Å². The van der Waals surface area contributed by atoms with Crippen molar-refractivity contribution >= 4 is 22.9 Å². The van der Waals surface area contributed by atoms with Crippen LogP contribution >= 0.6 is 11.8 Å². The number of thioether (sulfide) groups is 1. The third-order valence-corrected chi connectivity index (χ3v) is 5.73. The molecule has 2 atom stereocenters. The highest BCUT2D eigenvalue weighted by Crippen LogP contribution is 2.43. The molecule has 1 unspecified atom stereocenters. The molecule has 6 heteroatoms. The van der Waals surface area contributed by atoms with Crippen molar-refractivity contribution in [1.29, 1.82) is 0 Å². The molecule has 1 N–H and O–H groups in total. The molecule has 0 saturated carbocycles. The number of amides is 2. The van der Waals surface area contributed by atoms with E-state index in [0.717, 1.165) is 53.1 Å². The molecule has 1 aromatic heterocycles. The van der Waals surface area contributed by atoms with Gasteiger partial charge >= 0.3 is 0 Å². The van der Waals surface area contributed by atoms with Gasteiger partial charge in [0.1, 0.15) is 16.7 Å². The lowest BCUT2D eigenvalue weighted by Crippen LogP contribution is -2.27. The minimum absolute atomic E-state index is 0.0888. The summed E-state index contributed by atoms with van der Waals surface area (Å²) >= 11 is 1.11. The van der Waals surface area contributed by atoms with Crippen molar-refractivity contribution < 1.29 is 14.3 Å². The fraction of sp³-hybridized carbons (Fsp3) is 0.316. The van der Waals surface area contributed by atoms with E-state index in [4.69, 9.17) is 4.74 Å². The fourth-order valence-corrected chi connectivity index (χ4v) is 4.63. The zero-order valence-electron chi connectivity index (χ0n) is 14.0. The van der Waals surface area contributed by atoms with E-state index in [1.165, 1.54) is 5.56 Å². The Morgan fingerprint density at radius 1 is 1.12 bits per heavy atom. The summed E-state index contributed by atoms with van der Waals surface area (Å²) < 4.78 is 5.99. The van der Waals surface area contributed by atoms with Gasteiger partial charge in [-0.25, -0.2) is 0 Å². The molecule has 5 nitrogen and oxygen atoms in total. The van der Waals surface area contributed by atoms with Crippen LogP contribution in [0.4, 0.5) is 4.79 Å². The molecule has 0 spiro atoms. The first-order valence-electron chi connectivity index (χ1n) is 8.27. The van der Waals surface area contributed by atoms with Gasteiger partial charge < -0.3 is 4.74 Å². The average molecular weight is 354 g/mol. The molecule has 2 aliphatic rings. The molecule has 2 amide bonds. The maximum Gasteiger partial charge on any atom is 0.286 e. The number of hydrogen-bond donors (Lipinski definition) is 1. The number of imide groups is 1. The zero-order valence-corrected chi connectivity index (χ0v) is 14.9. The van der Waals surface area contributed by atoms with Crippen molar-refractivity contribution in [3.63, 3.8) is 0 Å². The SMILES string of the molecule is Cc1cc(Oc2ccc3c(c2)CC[C@H]3C2SC(=O)NC2=O)cc(C)n1. The summed E-state index contributed by atoms with van der Waals surface area (Å²) in [5.41, 5.74) is 4.19. The molecule has 1 aromatic carbocycles. The van der Waals surface area contributed by atoms with Gasteiger partial charge in [-0.15, -0.1) is 0 Å². The number of carbonyl (C=O) groups is 2. The standard InChI is InChI=1S/C19H18N2O3S/c1-10-7-14(8-11(2)20-10)24-13-4-6-15-12(9-13)3-5-16(15)17-18(22)21-19(23)25-17/h4,6-9,16-17H,3,5H2,1-2H3,(H,21,22,23)/t16-,17?/m1/s1. The first-order chi connectivity index (χ1) is 12.0. The van der Waals surface area contributed by atoms with E-state index < -0.39 is 0 Å². The van der Waals surface area contributed by atoms with Gasteiger partial charge in [-0.3, -0.25) is 19.9 Å². The highest BCUT2D eigenvalue weighted by molar-refractivity contribution is 8.15. The van der Waals surface area contributed by atoms with Gasteiger partial charge in [-0.1, -0.05) is 17.8 Å². The van der Waals surface area contributed by atoms with E-state index in [-0.39, 0.29) is 22.3 Å². The number of rotatable bonds is 3. The Hall–Kier alpha value is -2.34. The van der Waals surface area contributed by atoms with E-state index in [1.54, 1.807) is 0 Å². The molecule has 0 bridgehead atoms. The second kappa shape index (κ2) is 6.19. The van der Waals surface area contributed by atoms with Crippen LogP contribution in [-0.2, 0) is 11.2 Å². The normalized spacial score (nSPS) is 22.0. The van der Waals surface area contributed by atoms with Crippen LogP contribution in [0.1, 0.15) is 34.9 Å². The summed E-state index contributed by atoms with van der Waals surface area (Å²) in [5, 5.41) is 1.83. The maximum atomic E-state index is 12.0. The van der Waals surface area contributed by atoms with E-state index in [9.17, 15) is 9.59 Å². The number of hydrogen-bond acceptors (Lipinski definition) is 5. The molecular weight excluding hydrogens is 336 g/mol. The van der Waals surface area contributed by atoms with Crippen LogP contribution < -0.4 is 10.1 Å². The quantitative estimate of drug-likeness (QED) is 0.906. The number of carbonyl (C=O) groups excluding carboxylic acids is 2. The Kier molecular flexibility index (Phi) is 4.00. The number of nitrogens with one attached hydrogen (secondary N) is 1. The first-order valence-corrected chi connectivity index (χ1v) is 9.15. The number of pyridine rings is 1. The number of nitrogens with zero attached hydrogens (tertiary/aromatic N) is 1. The Balaban J connectivity index is 1.57.